The zero-order valence-corrected chi connectivity index (χ0v) is 15.2. The van der Waals surface area contributed by atoms with Crippen molar-refractivity contribution in [3.8, 4) is 0 Å². The fourth-order valence-electron chi connectivity index (χ4n) is 4.58. The van der Waals surface area contributed by atoms with Gasteiger partial charge in [-0.2, -0.15) is 0 Å². The first kappa shape index (κ1) is 17.3. The maximum Gasteiger partial charge on any atom is 0.247 e. The largest absolute Gasteiger partial charge is 0.333 e. The van der Waals surface area contributed by atoms with Crippen LogP contribution >= 0.6 is 11.6 Å². The molecule has 3 aliphatic rings. The number of carbonyl (C=O) groups is 3. The zero-order valence-electron chi connectivity index (χ0n) is 14.4. The lowest BCUT2D eigenvalue weighted by molar-refractivity contribution is -0.143. The van der Waals surface area contributed by atoms with Crippen molar-refractivity contribution < 1.29 is 14.4 Å². The summed E-state index contributed by atoms with van der Waals surface area (Å²) in [6.45, 7) is 0. The number of carbonyl (C=O) groups excluding carboxylic acids is 3. The number of likely N-dealkylation sites (tertiary alicyclic amines) is 1. The number of amides is 3. The topological polar surface area (TPSA) is 57.7 Å². The van der Waals surface area contributed by atoms with Gasteiger partial charge >= 0.3 is 0 Å². The van der Waals surface area contributed by atoms with Crippen LogP contribution in [0.2, 0.25) is 5.02 Å². The van der Waals surface area contributed by atoms with Crippen molar-refractivity contribution in [2.75, 3.05) is 0 Å². The molecule has 0 radical (unpaired) electrons. The number of rotatable bonds is 3. The average Bonchev–Trinajstić information content (AvgIpc) is 3.10. The summed E-state index contributed by atoms with van der Waals surface area (Å²) in [4.78, 5) is 40.2. The molecule has 3 fully saturated rings. The monoisotopic (exact) mass is 372 g/mol. The summed E-state index contributed by atoms with van der Waals surface area (Å²) in [7, 11) is 0. The van der Waals surface area contributed by atoms with Gasteiger partial charge < -0.3 is 4.90 Å². The summed E-state index contributed by atoms with van der Waals surface area (Å²) < 4.78 is 0. The highest BCUT2D eigenvalue weighted by Crippen LogP contribution is 2.39. The summed E-state index contributed by atoms with van der Waals surface area (Å²) >= 11 is 6.14. The molecule has 6 heteroatoms. The van der Waals surface area contributed by atoms with E-state index in [2.05, 4.69) is 0 Å². The summed E-state index contributed by atoms with van der Waals surface area (Å²) in [5, 5.41) is 0.615. The molecule has 0 N–H and O–H groups in total. The molecule has 4 rings (SSSR count). The van der Waals surface area contributed by atoms with E-state index in [1.54, 1.807) is 18.2 Å². The lowest BCUT2D eigenvalue weighted by Gasteiger charge is -2.41. The van der Waals surface area contributed by atoms with Crippen LogP contribution in [0, 0.1) is 0 Å². The van der Waals surface area contributed by atoms with Gasteiger partial charge in [-0.05, 0) is 43.4 Å². The van der Waals surface area contributed by atoms with E-state index in [9.17, 15) is 14.4 Å². The molecule has 0 aliphatic carbocycles. The van der Waals surface area contributed by atoms with E-state index in [1.807, 2.05) is 23.1 Å². The van der Waals surface area contributed by atoms with Crippen molar-refractivity contribution in [3.05, 3.63) is 40.9 Å². The number of piperidine rings is 1. The Morgan fingerprint density at radius 3 is 2.23 bits per heavy atom. The number of fused-ring (bicyclic) bond motifs is 2. The van der Waals surface area contributed by atoms with Crippen LogP contribution in [-0.2, 0) is 14.4 Å². The molecule has 2 bridgehead atoms. The Morgan fingerprint density at radius 2 is 1.62 bits per heavy atom. The first-order valence-electron chi connectivity index (χ1n) is 9.14. The SMILES string of the molecule is O=C1CCC(=O)N1C1CC2CCC(C1)N2C(=O)/C=C/c1ccccc1Cl. The fraction of sp³-hybridized carbons (Fsp3) is 0.450. The first-order valence-corrected chi connectivity index (χ1v) is 9.52. The summed E-state index contributed by atoms with van der Waals surface area (Å²) in [5.41, 5.74) is 0.818. The van der Waals surface area contributed by atoms with E-state index in [-0.39, 0.29) is 35.8 Å². The van der Waals surface area contributed by atoms with Crippen molar-refractivity contribution in [1.29, 1.82) is 0 Å². The zero-order chi connectivity index (χ0) is 18.3. The van der Waals surface area contributed by atoms with E-state index in [0.717, 1.165) is 18.4 Å². The highest BCUT2D eigenvalue weighted by molar-refractivity contribution is 6.32. The molecule has 3 saturated heterocycles. The molecule has 3 amide bonds. The Labute approximate surface area is 157 Å². The number of imide groups is 1. The third-order valence-electron chi connectivity index (χ3n) is 5.73. The van der Waals surface area contributed by atoms with Crippen LogP contribution in [0.15, 0.2) is 30.3 Å². The van der Waals surface area contributed by atoms with Crippen LogP contribution in [0.3, 0.4) is 0 Å². The summed E-state index contributed by atoms with van der Waals surface area (Å²) in [6.07, 6.45) is 7.25. The molecule has 0 aromatic heterocycles. The first-order chi connectivity index (χ1) is 12.5. The molecular formula is C20H21ClN2O3. The Kier molecular flexibility index (Phi) is 4.57. The Bertz CT molecular complexity index is 761. The molecule has 5 nitrogen and oxygen atoms in total. The molecule has 0 spiro atoms. The Hall–Kier alpha value is -2.14. The van der Waals surface area contributed by atoms with Gasteiger partial charge in [0.1, 0.15) is 0 Å². The maximum absolute atomic E-state index is 12.7. The van der Waals surface area contributed by atoms with E-state index in [1.165, 1.54) is 4.90 Å². The Balaban J connectivity index is 1.46. The van der Waals surface area contributed by atoms with Gasteiger partial charge in [0, 0.05) is 42.1 Å². The second-order valence-electron chi connectivity index (χ2n) is 7.27. The van der Waals surface area contributed by atoms with Crippen LogP contribution in [-0.4, -0.2) is 45.6 Å². The highest BCUT2D eigenvalue weighted by atomic mass is 35.5. The van der Waals surface area contributed by atoms with E-state index >= 15 is 0 Å². The summed E-state index contributed by atoms with van der Waals surface area (Å²) in [6, 6.07) is 7.56. The van der Waals surface area contributed by atoms with Gasteiger partial charge in [-0.1, -0.05) is 29.8 Å². The third-order valence-corrected chi connectivity index (χ3v) is 6.07. The molecule has 1 aromatic carbocycles. The molecule has 2 unspecified atom stereocenters. The minimum atomic E-state index is -0.0576. The van der Waals surface area contributed by atoms with Crippen LogP contribution in [0.1, 0.15) is 44.1 Å². The van der Waals surface area contributed by atoms with E-state index < -0.39 is 0 Å². The normalized spacial score (nSPS) is 28.4. The molecular weight excluding hydrogens is 352 g/mol. The molecule has 136 valence electrons. The van der Waals surface area contributed by atoms with Gasteiger partial charge in [0.05, 0.1) is 0 Å². The van der Waals surface area contributed by atoms with Crippen molar-refractivity contribution in [2.45, 2.75) is 56.7 Å². The lowest BCUT2D eigenvalue weighted by Crippen LogP contribution is -2.53. The van der Waals surface area contributed by atoms with Gasteiger partial charge in [-0.3, -0.25) is 19.3 Å². The van der Waals surface area contributed by atoms with Crippen molar-refractivity contribution in [2.24, 2.45) is 0 Å². The predicted molar refractivity (Wildman–Crippen MR) is 98.3 cm³/mol. The van der Waals surface area contributed by atoms with E-state index in [0.29, 0.717) is 30.7 Å². The molecule has 1 aromatic rings. The predicted octanol–water partition coefficient (Wildman–Crippen LogP) is 3.02. The smallest absolute Gasteiger partial charge is 0.247 e. The van der Waals surface area contributed by atoms with Crippen LogP contribution < -0.4 is 0 Å². The summed E-state index contributed by atoms with van der Waals surface area (Å²) in [5.74, 6) is -0.134. The van der Waals surface area contributed by atoms with Crippen LogP contribution in [0.4, 0.5) is 0 Å². The number of halogens is 1. The van der Waals surface area contributed by atoms with E-state index in [4.69, 9.17) is 11.6 Å². The molecule has 0 saturated carbocycles. The molecule has 26 heavy (non-hydrogen) atoms. The molecule has 3 heterocycles. The Morgan fingerprint density at radius 1 is 1.00 bits per heavy atom. The second-order valence-corrected chi connectivity index (χ2v) is 7.68. The van der Waals surface area contributed by atoms with Crippen molar-refractivity contribution >= 4 is 35.4 Å². The second kappa shape index (κ2) is 6.88. The lowest BCUT2D eigenvalue weighted by atomic mass is 9.95. The van der Waals surface area contributed by atoms with Gasteiger partial charge in [0.2, 0.25) is 17.7 Å². The van der Waals surface area contributed by atoms with Gasteiger partial charge in [-0.15, -0.1) is 0 Å². The van der Waals surface area contributed by atoms with Crippen molar-refractivity contribution in [1.82, 2.24) is 9.80 Å². The van der Waals surface area contributed by atoms with Gasteiger partial charge in [0.25, 0.3) is 0 Å². The van der Waals surface area contributed by atoms with Gasteiger partial charge in [-0.25, -0.2) is 0 Å². The quantitative estimate of drug-likeness (QED) is 0.605. The fourth-order valence-corrected chi connectivity index (χ4v) is 4.78. The number of benzene rings is 1. The van der Waals surface area contributed by atoms with Crippen LogP contribution in [0.5, 0.6) is 0 Å². The minimum Gasteiger partial charge on any atom is -0.333 e. The number of hydrogen-bond acceptors (Lipinski definition) is 3. The standard InChI is InChI=1S/C20H21ClN2O3/c21-17-4-2-1-3-13(17)5-8-18(24)22-14-6-7-15(22)12-16(11-14)23-19(25)9-10-20(23)26/h1-5,8,14-16H,6-7,9-12H2/b8-5+. The third kappa shape index (κ3) is 3.05. The van der Waals surface area contributed by atoms with Crippen LogP contribution in [0.25, 0.3) is 6.08 Å². The minimum absolute atomic E-state index is 0.0186. The van der Waals surface area contributed by atoms with Crippen molar-refractivity contribution in [3.63, 3.8) is 0 Å². The average molecular weight is 373 g/mol. The maximum atomic E-state index is 12.7. The highest BCUT2D eigenvalue weighted by Gasteiger charge is 2.47. The van der Waals surface area contributed by atoms with Gasteiger partial charge in [0.15, 0.2) is 0 Å². The number of hydrogen-bond donors (Lipinski definition) is 0. The molecule has 2 atom stereocenters. The number of nitrogens with zero attached hydrogens (tertiary/aromatic N) is 2. The molecule has 3 aliphatic heterocycles.